The predicted molar refractivity (Wildman–Crippen MR) is 59.4 cm³/mol. The number of hydrogen-bond acceptors (Lipinski definition) is 3. The molecule has 2 atom stereocenters. The van der Waals surface area contributed by atoms with Crippen molar-refractivity contribution in [1.29, 1.82) is 0 Å². The summed E-state index contributed by atoms with van der Waals surface area (Å²) in [7, 11) is 0. The third kappa shape index (κ3) is 1.93. The van der Waals surface area contributed by atoms with Crippen LogP contribution in [0, 0.1) is 5.92 Å². The minimum atomic E-state index is -0.552. The maximum atomic E-state index is 10.1. The number of fused-ring (bicyclic) bond motifs is 1. The fourth-order valence-corrected chi connectivity index (χ4v) is 2.00. The van der Waals surface area contributed by atoms with Gasteiger partial charge >= 0.3 is 0 Å². The van der Waals surface area contributed by atoms with E-state index < -0.39 is 6.10 Å². The Bertz CT molecular complexity index is 373. The fraction of sp³-hybridized carbons (Fsp3) is 0.538. The van der Waals surface area contributed by atoms with Crippen LogP contribution in [0.2, 0.25) is 0 Å². The van der Waals surface area contributed by atoms with Gasteiger partial charge in [0.25, 0.3) is 0 Å². The predicted octanol–water partition coefficient (Wildman–Crippen LogP) is 1.91. The van der Waals surface area contributed by atoms with Crippen LogP contribution in [0.3, 0.4) is 0 Å². The highest BCUT2D eigenvalue weighted by Crippen LogP contribution is 2.35. The molecule has 0 saturated heterocycles. The highest BCUT2D eigenvalue weighted by atomic mass is 16.5. The molecule has 0 radical (unpaired) electrons. The molecular formula is C13H16O3. The maximum Gasteiger partial charge on any atom is 0.125 e. The van der Waals surface area contributed by atoms with Crippen molar-refractivity contribution in [2.24, 2.45) is 5.92 Å². The van der Waals surface area contributed by atoms with Crippen LogP contribution in [-0.2, 0) is 4.74 Å². The van der Waals surface area contributed by atoms with E-state index >= 15 is 0 Å². The Kier molecular flexibility index (Phi) is 2.58. The third-order valence-electron chi connectivity index (χ3n) is 3.24. The first-order valence-electron chi connectivity index (χ1n) is 5.86. The van der Waals surface area contributed by atoms with Crippen LogP contribution in [0.1, 0.15) is 24.5 Å². The number of benzene rings is 1. The van der Waals surface area contributed by atoms with Gasteiger partial charge in [0.2, 0.25) is 0 Å². The molecule has 1 aromatic rings. The molecule has 3 heteroatoms. The molecule has 1 saturated carbocycles. The molecule has 2 aliphatic rings. The number of aliphatic hydroxyl groups is 1. The van der Waals surface area contributed by atoms with E-state index in [-0.39, 0.29) is 6.10 Å². The van der Waals surface area contributed by atoms with Gasteiger partial charge in [-0.25, -0.2) is 0 Å². The molecule has 86 valence electrons. The van der Waals surface area contributed by atoms with Gasteiger partial charge in [-0.1, -0.05) is 18.2 Å². The molecule has 1 aliphatic heterocycles. The molecular weight excluding hydrogens is 204 g/mol. The number of hydrogen-bond donors (Lipinski definition) is 1. The van der Waals surface area contributed by atoms with Gasteiger partial charge in [0.05, 0.1) is 6.61 Å². The molecule has 1 heterocycles. The summed E-state index contributed by atoms with van der Waals surface area (Å²) < 4.78 is 11.3. The maximum absolute atomic E-state index is 10.1. The molecule has 3 rings (SSSR count). The summed E-state index contributed by atoms with van der Waals surface area (Å²) in [6.45, 7) is 1.21. The van der Waals surface area contributed by atoms with E-state index in [2.05, 4.69) is 0 Å². The van der Waals surface area contributed by atoms with E-state index in [1.165, 1.54) is 12.8 Å². The highest BCUT2D eigenvalue weighted by Gasteiger charge is 2.31. The lowest BCUT2D eigenvalue weighted by Gasteiger charge is -2.30. The molecule has 1 aromatic carbocycles. The van der Waals surface area contributed by atoms with Crippen molar-refractivity contribution in [3.63, 3.8) is 0 Å². The standard InChI is InChI=1S/C13H16O3/c14-13-10-3-1-2-4-11(10)16-8-12(13)15-7-9-5-6-9/h1-4,9,12-14H,5-8H2. The smallest absolute Gasteiger partial charge is 0.125 e. The summed E-state index contributed by atoms with van der Waals surface area (Å²) in [6, 6.07) is 7.61. The quantitative estimate of drug-likeness (QED) is 0.845. The number of rotatable bonds is 3. The van der Waals surface area contributed by atoms with Crippen molar-refractivity contribution in [2.45, 2.75) is 25.0 Å². The second kappa shape index (κ2) is 4.07. The van der Waals surface area contributed by atoms with Crippen LogP contribution in [-0.4, -0.2) is 24.4 Å². The van der Waals surface area contributed by atoms with E-state index in [1.807, 2.05) is 24.3 Å². The largest absolute Gasteiger partial charge is 0.490 e. The molecule has 1 N–H and O–H groups in total. The van der Waals surface area contributed by atoms with Crippen molar-refractivity contribution in [1.82, 2.24) is 0 Å². The molecule has 1 fully saturated rings. The van der Waals surface area contributed by atoms with E-state index in [0.717, 1.165) is 17.9 Å². The minimum absolute atomic E-state index is 0.213. The SMILES string of the molecule is OC1c2ccccc2OCC1OCC1CC1. The van der Waals surface area contributed by atoms with E-state index in [0.29, 0.717) is 12.5 Å². The van der Waals surface area contributed by atoms with Crippen molar-refractivity contribution >= 4 is 0 Å². The van der Waals surface area contributed by atoms with Crippen LogP contribution >= 0.6 is 0 Å². The van der Waals surface area contributed by atoms with E-state index in [9.17, 15) is 5.11 Å². The minimum Gasteiger partial charge on any atom is -0.490 e. The molecule has 16 heavy (non-hydrogen) atoms. The first-order valence-corrected chi connectivity index (χ1v) is 5.86. The van der Waals surface area contributed by atoms with Gasteiger partial charge in [-0.05, 0) is 24.8 Å². The second-order valence-corrected chi connectivity index (χ2v) is 4.61. The summed E-state index contributed by atoms with van der Waals surface area (Å²) >= 11 is 0. The number of aliphatic hydroxyl groups excluding tert-OH is 1. The highest BCUT2D eigenvalue weighted by molar-refractivity contribution is 5.37. The van der Waals surface area contributed by atoms with Crippen LogP contribution in [0.4, 0.5) is 0 Å². The average molecular weight is 220 g/mol. The third-order valence-corrected chi connectivity index (χ3v) is 3.24. The molecule has 0 bridgehead atoms. The Hall–Kier alpha value is -1.06. The Morgan fingerprint density at radius 2 is 2.12 bits per heavy atom. The van der Waals surface area contributed by atoms with Crippen LogP contribution in [0.5, 0.6) is 5.75 Å². The van der Waals surface area contributed by atoms with Gasteiger partial charge in [0, 0.05) is 5.56 Å². The van der Waals surface area contributed by atoms with Crippen LogP contribution in [0.15, 0.2) is 24.3 Å². The Morgan fingerprint density at radius 1 is 1.31 bits per heavy atom. The first-order chi connectivity index (χ1) is 7.84. The van der Waals surface area contributed by atoms with Gasteiger partial charge in [-0.15, -0.1) is 0 Å². The lowest BCUT2D eigenvalue weighted by molar-refractivity contribution is -0.0751. The second-order valence-electron chi connectivity index (χ2n) is 4.61. The molecule has 0 spiro atoms. The monoisotopic (exact) mass is 220 g/mol. The van der Waals surface area contributed by atoms with Crippen molar-refractivity contribution in [3.8, 4) is 5.75 Å². The molecule has 0 amide bonds. The summed E-state index contributed by atoms with van der Waals surface area (Å²) in [6.07, 6.45) is 1.76. The Morgan fingerprint density at radius 3 is 2.94 bits per heavy atom. The average Bonchev–Trinajstić information content (AvgIpc) is 3.13. The molecule has 3 nitrogen and oxygen atoms in total. The van der Waals surface area contributed by atoms with Crippen molar-refractivity contribution < 1.29 is 14.6 Å². The zero-order valence-corrected chi connectivity index (χ0v) is 9.13. The lowest BCUT2D eigenvalue weighted by atomic mass is 10.0. The first kappa shape index (κ1) is 10.1. The summed E-state index contributed by atoms with van der Waals surface area (Å²) in [5, 5.41) is 10.1. The van der Waals surface area contributed by atoms with Gasteiger partial charge in [-0.3, -0.25) is 0 Å². The normalized spacial score (nSPS) is 28.3. The van der Waals surface area contributed by atoms with Crippen LogP contribution < -0.4 is 4.74 Å². The fourth-order valence-electron chi connectivity index (χ4n) is 2.00. The lowest BCUT2D eigenvalue weighted by Crippen LogP contribution is -2.33. The molecule has 1 aliphatic carbocycles. The van der Waals surface area contributed by atoms with Gasteiger partial charge in [-0.2, -0.15) is 0 Å². The number of para-hydroxylation sites is 1. The van der Waals surface area contributed by atoms with Crippen molar-refractivity contribution in [3.05, 3.63) is 29.8 Å². The zero-order valence-electron chi connectivity index (χ0n) is 9.13. The van der Waals surface area contributed by atoms with Gasteiger partial charge in [0.15, 0.2) is 0 Å². The zero-order chi connectivity index (χ0) is 11.0. The Balaban J connectivity index is 1.70. The molecule has 0 aromatic heterocycles. The summed E-state index contributed by atoms with van der Waals surface area (Å²) in [4.78, 5) is 0. The summed E-state index contributed by atoms with van der Waals surface area (Å²) in [5.74, 6) is 1.49. The van der Waals surface area contributed by atoms with Gasteiger partial charge < -0.3 is 14.6 Å². The Labute approximate surface area is 95.0 Å². The van der Waals surface area contributed by atoms with Gasteiger partial charge in [0.1, 0.15) is 24.6 Å². The topological polar surface area (TPSA) is 38.7 Å². The van der Waals surface area contributed by atoms with E-state index in [4.69, 9.17) is 9.47 Å². The molecule has 2 unspecified atom stereocenters. The number of ether oxygens (including phenoxy) is 2. The summed E-state index contributed by atoms with van der Waals surface area (Å²) in [5.41, 5.74) is 0.842. The van der Waals surface area contributed by atoms with Crippen LogP contribution in [0.25, 0.3) is 0 Å². The van der Waals surface area contributed by atoms with E-state index in [1.54, 1.807) is 0 Å². The van der Waals surface area contributed by atoms with Crippen molar-refractivity contribution in [2.75, 3.05) is 13.2 Å².